The lowest BCUT2D eigenvalue weighted by molar-refractivity contribution is -0.118. The second-order valence-electron chi connectivity index (χ2n) is 3.78. The van der Waals surface area contributed by atoms with E-state index in [0.717, 1.165) is 30.1 Å². The molecule has 0 N–H and O–H groups in total. The van der Waals surface area contributed by atoms with Crippen molar-refractivity contribution >= 4 is 23.2 Å². The monoisotopic (exact) mass is 223 g/mol. The second kappa shape index (κ2) is 4.23. The van der Waals surface area contributed by atoms with Crippen molar-refractivity contribution in [2.75, 3.05) is 11.4 Å². The Bertz CT molecular complexity index is 389. The summed E-state index contributed by atoms with van der Waals surface area (Å²) >= 11 is 5.93. The molecule has 0 saturated carbocycles. The summed E-state index contributed by atoms with van der Waals surface area (Å²) in [5, 5.41) is 0.750. The molecule has 0 fully saturated rings. The Morgan fingerprint density at radius 3 is 3.07 bits per heavy atom. The minimum absolute atomic E-state index is 0.193. The predicted octanol–water partition coefficient (Wildman–Crippen LogP) is 3.03. The van der Waals surface area contributed by atoms with Crippen LogP contribution in [-0.2, 0) is 11.2 Å². The molecule has 0 atom stereocenters. The van der Waals surface area contributed by atoms with Crippen LogP contribution >= 0.6 is 11.6 Å². The third-order valence-corrected chi connectivity index (χ3v) is 3.00. The summed E-state index contributed by atoms with van der Waals surface area (Å²) in [5.41, 5.74) is 2.23. The normalized spacial score (nSPS) is 14.9. The molecule has 0 unspecified atom stereocenters. The summed E-state index contributed by atoms with van der Waals surface area (Å²) in [4.78, 5) is 13.6. The minimum atomic E-state index is 0.193. The number of nitrogens with zero attached hydrogens (tertiary/aromatic N) is 1. The third-order valence-electron chi connectivity index (χ3n) is 2.76. The van der Waals surface area contributed by atoms with Gasteiger partial charge in [-0.3, -0.25) is 4.79 Å². The fraction of sp³-hybridized carbons (Fsp3) is 0.417. The van der Waals surface area contributed by atoms with Gasteiger partial charge in [-0.2, -0.15) is 0 Å². The number of amides is 1. The Kier molecular flexibility index (Phi) is 2.96. The van der Waals surface area contributed by atoms with Crippen LogP contribution in [0.1, 0.15) is 25.3 Å². The first-order valence-electron chi connectivity index (χ1n) is 5.31. The van der Waals surface area contributed by atoms with Crippen LogP contribution in [0.5, 0.6) is 0 Å². The van der Waals surface area contributed by atoms with Crippen molar-refractivity contribution in [2.45, 2.75) is 26.2 Å². The first-order valence-corrected chi connectivity index (χ1v) is 5.69. The van der Waals surface area contributed by atoms with Crippen LogP contribution in [-0.4, -0.2) is 12.5 Å². The van der Waals surface area contributed by atoms with Gasteiger partial charge in [0.1, 0.15) is 0 Å². The topological polar surface area (TPSA) is 20.3 Å². The maximum Gasteiger partial charge on any atom is 0.226 e. The molecule has 2 rings (SSSR count). The van der Waals surface area contributed by atoms with E-state index >= 15 is 0 Å². The number of aryl methyl sites for hydroxylation is 1. The molecular formula is C12H14ClNO. The van der Waals surface area contributed by atoms with E-state index in [0.29, 0.717) is 6.42 Å². The van der Waals surface area contributed by atoms with Gasteiger partial charge >= 0.3 is 0 Å². The van der Waals surface area contributed by atoms with E-state index < -0.39 is 0 Å². The summed E-state index contributed by atoms with van der Waals surface area (Å²) in [6.45, 7) is 2.73. The zero-order valence-corrected chi connectivity index (χ0v) is 9.55. The molecule has 0 aromatic heterocycles. The SMILES string of the molecule is CCC(=O)N1CCCc2cc(Cl)ccc21. The van der Waals surface area contributed by atoms with Gasteiger partial charge < -0.3 is 4.90 Å². The lowest BCUT2D eigenvalue weighted by Gasteiger charge is -2.29. The molecule has 15 heavy (non-hydrogen) atoms. The van der Waals surface area contributed by atoms with Gasteiger partial charge in [-0.05, 0) is 36.6 Å². The number of halogens is 1. The van der Waals surface area contributed by atoms with Crippen LogP contribution < -0.4 is 4.90 Å². The van der Waals surface area contributed by atoms with E-state index in [2.05, 4.69) is 0 Å². The molecule has 80 valence electrons. The Morgan fingerprint density at radius 2 is 2.33 bits per heavy atom. The van der Waals surface area contributed by atoms with Crippen LogP contribution in [0.3, 0.4) is 0 Å². The number of carbonyl (C=O) groups excluding carboxylic acids is 1. The van der Waals surface area contributed by atoms with E-state index in [9.17, 15) is 4.79 Å². The average Bonchev–Trinajstić information content (AvgIpc) is 2.26. The van der Waals surface area contributed by atoms with Gasteiger partial charge in [-0.1, -0.05) is 18.5 Å². The third kappa shape index (κ3) is 2.00. The summed E-state index contributed by atoms with van der Waals surface area (Å²) in [5.74, 6) is 0.193. The number of hydrogen-bond acceptors (Lipinski definition) is 1. The molecule has 0 bridgehead atoms. The molecule has 1 aromatic rings. The highest BCUT2D eigenvalue weighted by atomic mass is 35.5. The number of rotatable bonds is 1. The first-order chi connectivity index (χ1) is 7.22. The first kappa shape index (κ1) is 10.5. The van der Waals surface area contributed by atoms with E-state index in [1.165, 1.54) is 5.56 Å². The standard InChI is InChI=1S/C12H14ClNO/c1-2-12(15)14-7-3-4-9-8-10(13)5-6-11(9)14/h5-6,8H,2-4,7H2,1H3. The molecular weight excluding hydrogens is 210 g/mol. The zero-order chi connectivity index (χ0) is 10.8. The van der Waals surface area contributed by atoms with E-state index in [1.807, 2.05) is 30.0 Å². The summed E-state index contributed by atoms with van der Waals surface area (Å²) < 4.78 is 0. The smallest absolute Gasteiger partial charge is 0.226 e. The molecule has 1 heterocycles. The number of fused-ring (bicyclic) bond motifs is 1. The van der Waals surface area contributed by atoms with Crippen molar-refractivity contribution in [1.82, 2.24) is 0 Å². The predicted molar refractivity (Wildman–Crippen MR) is 62.4 cm³/mol. The number of carbonyl (C=O) groups is 1. The van der Waals surface area contributed by atoms with Crippen molar-refractivity contribution < 1.29 is 4.79 Å². The lowest BCUT2D eigenvalue weighted by atomic mass is 10.0. The minimum Gasteiger partial charge on any atom is -0.312 e. The van der Waals surface area contributed by atoms with Crippen molar-refractivity contribution in [2.24, 2.45) is 0 Å². The van der Waals surface area contributed by atoms with Crippen LogP contribution in [0, 0.1) is 0 Å². The average molecular weight is 224 g/mol. The van der Waals surface area contributed by atoms with Gasteiger partial charge in [0.25, 0.3) is 0 Å². The maximum absolute atomic E-state index is 11.7. The second-order valence-corrected chi connectivity index (χ2v) is 4.21. The Hall–Kier alpha value is -1.02. The van der Waals surface area contributed by atoms with Gasteiger partial charge in [-0.25, -0.2) is 0 Å². The van der Waals surface area contributed by atoms with Crippen LogP contribution in [0.25, 0.3) is 0 Å². The highest BCUT2D eigenvalue weighted by molar-refractivity contribution is 6.30. The van der Waals surface area contributed by atoms with Crippen molar-refractivity contribution in [3.63, 3.8) is 0 Å². The number of anilines is 1. The van der Waals surface area contributed by atoms with E-state index in [1.54, 1.807) is 0 Å². The van der Waals surface area contributed by atoms with Gasteiger partial charge in [0.2, 0.25) is 5.91 Å². The van der Waals surface area contributed by atoms with Crippen molar-refractivity contribution in [1.29, 1.82) is 0 Å². The lowest BCUT2D eigenvalue weighted by Crippen LogP contribution is -2.34. The largest absolute Gasteiger partial charge is 0.312 e. The fourth-order valence-electron chi connectivity index (χ4n) is 2.02. The number of hydrogen-bond donors (Lipinski definition) is 0. The van der Waals surface area contributed by atoms with Crippen molar-refractivity contribution in [3.8, 4) is 0 Å². The van der Waals surface area contributed by atoms with Crippen LogP contribution in [0.15, 0.2) is 18.2 Å². The summed E-state index contributed by atoms with van der Waals surface area (Å²) in [7, 11) is 0. The summed E-state index contributed by atoms with van der Waals surface area (Å²) in [6, 6.07) is 5.76. The highest BCUT2D eigenvalue weighted by Gasteiger charge is 2.20. The molecule has 0 radical (unpaired) electrons. The molecule has 0 saturated heterocycles. The maximum atomic E-state index is 11.7. The molecule has 0 aliphatic carbocycles. The molecule has 1 amide bonds. The van der Waals surface area contributed by atoms with E-state index in [4.69, 9.17) is 11.6 Å². The highest BCUT2D eigenvalue weighted by Crippen LogP contribution is 2.29. The Labute approximate surface area is 94.8 Å². The van der Waals surface area contributed by atoms with Gasteiger partial charge in [0, 0.05) is 23.7 Å². The molecule has 1 aromatic carbocycles. The van der Waals surface area contributed by atoms with Gasteiger partial charge in [-0.15, -0.1) is 0 Å². The van der Waals surface area contributed by atoms with Crippen LogP contribution in [0.4, 0.5) is 5.69 Å². The van der Waals surface area contributed by atoms with E-state index in [-0.39, 0.29) is 5.91 Å². The fourth-order valence-corrected chi connectivity index (χ4v) is 2.21. The van der Waals surface area contributed by atoms with Crippen molar-refractivity contribution in [3.05, 3.63) is 28.8 Å². The molecule has 3 heteroatoms. The van der Waals surface area contributed by atoms with Gasteiger partial charge in [0.15, 0.2) is 0 Å². The van der Waals surface area contributed by atoms with Crippen LogP contribution in [0.2, 0.25) is 5.02 Å². The molecule has 2 nitrogen and oxygen atoms in total. The molecule has 1 aliphatic rings. The quantitative estimate of drug-likeness (QED) is 0.717. The molecule has 1 aliphatic heterocycles. The Balaban J connectivity index is 2.38. The summed E-state index contributed by atoms with van der Waals surface area (Å²) in [6.07, 6.45) is 2.60. The van der Waals surface area contributed by atoms with Gasteiger partial charge in [0.05, 0.1) is 0 Å². The molecule has 0 spiro atoms. The zero-order valence-electron chi connectivity index (χ0n) is 8.79. The number of benzene rings is 1. The Morgan fingerprint density at radius 1 is 1.53 bits per heavy atom.